The number of carbonyl (C=O) groups is 2. The first-order chi connectivity index (χ1) is 16.3. The van der Waals surface area contributed by atoms with Gasteiger partial charge >= 0.3 is 0 Å². The minimum Gasteiger partial charge on any atom is -0.379 e. The third kappa shape index (κ3) is 7.25. The molecule has 0 saturated carbocycles. The quantitative estimate of drug-likeness (QED) is 0.432. The molecule has 8 heteroatoms. The second-order valence-electron chi connectivity index (χ2n) is 8.46. The SMILES string of the molecule is Cc1ccc(C(=O)N(C)CCc2noc(-c3ccc(C(=O)NCCCOC(C)C)cc3)n2)cc1. The lowest BCUT2D eigenvalue weighted by molar-refractivity contribution is 0.0756. The molecule has 3 aromatic rings. The van der Waals surface area contributed by atoms with Crippen molar-refractivity contribution in [3.8, 4) is 11.5 Å². The maximum Gasteiger partial charge on any atom is 0.257 e. The Morgan fingerprint density at radius 1 is 1.06 bits per heavy atom. The largest absolute Gasteiger partial charge is 0.379 e. The van der Waals surface area contributed by atoms with Crippen LogP contribution in [0.4, 0.5) is 0 Å². The van der Waals surface area contributed by atoms with Crippen molar-refractivity contribution in [3.63, 3.8) is 0 Å². The van der Waals surface area contributed by atoms with Crippen LogP contribution in [0.25, 0.3) is 11.5 Å². The second kappa shape index (κ2) is 12.1. The maximum atomic E-state index is 12.5. The molecule has 8 nitrogen and oxygen atoms in total. The Balaban J connectivity index is 1.49. The highest BCUT2D eigenvalue weighted by atomic mass is 16.5. The summed E-state index contributed by atoms with van der Waals surface area (Å²) in [6.45, 7) is 7.59. The van der Waals surface area contributed by atoms with Gasteiger partial charge in [0.15, 0.2) is 5.82 Å². The van der Waals surface area contributed by atoms with Crippen LogP contribution >= 0.6 is 0 Å². The highest BCUT2D eigenvalue weighted by Crippen LogP contribution is 2.18. The van der Waals surface area contributed by atoms with Crippen LogP contribution in [0.3, 0.4) is 0 Å². The molecule has 2 aromatic carbocycles. The Hall–Kier alpha value is -3.52. The molecule has 0 bridgehead atoms. The fraction of sp³-hybridized carbons (Fsp3) is 0.385. The summed E-state index contributed by atoms with van der Waals surface area (Å²) in [5.41, 5.74) is 3.04. The zero-order valence-corrected chi connectivity index (χ0v) is 20.2. The first-order valence-electron chi connectivity index (χ1n) is 11.5. The average Bonchev–Trinajstić information content (AvgIpc) is 3.31. The predicted molar refractivity (Wildman–Crippen MR) is 130 cm³/mol. The van der Waals surface area contributed by atoms with Crippen LogP contribution in [0.15, 0.2) is 53.1 Å². The number of rotatable bonds is 11. The molecule has 0 aliphatic heterocycles. The van der Waals surface area contributed by atoms with Crippen molar-refractivity contribution >= 4 is 11.8 Å². The molecule has 0 fully saturated rings. The highest BCUT2D eigenvalue weighted by Gasteiger charge is 2.14. The molecular weight excluding hydrogens is 432 g/mol. The molecule has 1 N–H and O–H groups in total. The summed E-state index contributed by atoms with van der Waals surface area (Å²) in [5, 5.41) is 6.91. The van der Waals surface area contributed by atoms with E-state index in [4.69, 9.17) is 9.26 Å². The van der Waals surface area contributed by atoms with Crippen LogP contribution < -0.4 is 5.32 Å². The third-order valence-corrected chi connectivity index (χ3v) is 5.24. The van der Waals surface area contributed by atoms with E-state index in [1.165, 1.54) is 0 Å². The second-order valence-corrected chi connectivity index (χ2v) is 8.46. The predicted octanol–water partition coefficient (Wildman–Crippen LogP) is 3.90. The number of benzene rings is 2. The fourth-order valence-corrected chi connectivity index (χ4v) is 3.22. The molecule has 180 valence electrons. The number of amides is 2. The van der Waals surface area contributed by atoms with Crippen LogP contribution in [0, 0.1) is 6.92 Å². The van der Waals surface area contributed by atoms with E-state index in [-0.39, 0.29) is 17.9 Å². The van der Waals surface area contributed by atoms with Crippen molar-refractivity contribution in [3.05, 3.63) is 71.0 Å². The van der Waals surface area contributed by atoms with Gasteiger partial charge in [0.1, 0.15) is 0 Å². The van der Waals surface area contributed by atoms with Gasteiger partial charge in [-0.3, -0.25) is 9.59 Å². The number of nitrogens with zero attached hydrogens (tertiary/aromatic N) is 3. The normalized spacial score (nSPS) is 11.0. The number of aromatic nitrogens is 2. The zero-order chi connectivity index (χ0) is 24.5. The van der Waals surface area contributed by atoms with E-state index in [2.05, 4.69) is 15.5 Å². The Kier molecular flexibility index (Phi) is 8.93. The van der Waals surface area contributed by atoms with Gasteiger partial charge in [0.05, 0.1) is 6.10 Å². The van der Waals surface area contributed by atoms with Gasteiger partial charge in [0.25, 0.3) is 17.7 Å². The molecule has 0 aliphatic carbocycles. The number of hydrogen-bond donors (Lipinski definition) is 1. The topological polar surface area (TPSA) is 97.6 Å². The number of likely N-dealkylation sites (N-methyl/N-ethyl adjacent to an activating group) is 1. The summed E-state index contributed by atoms with van der Waals surface area (Å²) >= 11 is 0. The van der Waals surface area contributed by atoms with Crippen molar-refractivity contribution in [2.24, 2.45) is 0 Å². The molecule has 0 saturated heterocycles. The Morgan fingerprint density at radius 3 is 2.41 bits per heavy atom. The first-order valence-corrected chi connectivity index (χ1v) is 11.5. The van der Waals surface area contributed by atoms with Gasteiger partial charge in [-0.05, 0) is 63.6 Å². The number of aryl methyl sites for hydroxylation is 1. The van der Waals surface area contributed by atoms with E-state index in [1.54, 1.807) is 36.2 Å². The minimum absolute atomic E-state index is 0.0509. The lowest BCUT2D eigenvalue weighted by atomic mass is 10.1. The van der Waals surface area contributed by atoms with E-state index in [1.807, 2.05) is 45.0 Å². The first kappa shape index (κ1) is 25.1. The van der Waals surface area contributed by atoms with Gasteiger partial charge < -0.3 is 19.5 Å². The monoisotopic (exact) mass is 464 g/mol. The van der Waals surface area contributed by atoms with Crippen molar-refractivity contribution in [1.29, 1.82) is 0 Å². The molecule has 0 aliphatic rings. The van der Waals surface area contributed by atoms with Gasteiger partial charge in [-0.2, -0.15) is 4.98 Å². The zero-order valence-electron chi connectivity index (χ0n) is 20.2. The summed E-state index contributed by atoms with van der Waals surface area (Å²) in [7, 11) is 1.75. The summed E-state index contributed by atoms with van der Waals surface area (Å²) < 4.78 is 10.8. The Labute approximate surface area is 200 Å². The standard InChI is InChI=1S/C26H32N4O4/c1-18(2)33-17-5-15-27-24(31)20-10-12-21(13-11-20)25-28-23(29-34-25)14-16-30(4)26(32)22-8-6-19(3)7-9-22/h6-13,18H,5,14-17H2,1-4H3,(H,27,31). The van der Waals surface area contributed by atoms with E-state index in [0.29, 0.717) is 49.0 Å². The molecular formula is C26H32N4O4. The van der Waals surface area contributed by atoms with Crippen LogP contribution in [-0.2, 0) is 11.2 Å². The van der Waals surface area contributed by atoms with Gasteiger partial charge in [0, 0.05) is 49.9 Å². The molecule has 0 spiro atoms. The van der Waals surface area contributed by atoms with Crippen LogP contribution in [-0.4, -0.2) is 59.7 Å². The molecule has 1 aromatic heterocycles. The fourth-order valence-electron chi connectivity index (χ4n) is 3.22. The summed E-state index contributed by atoms with van der Waals surface area (Å²) in [6.07, 6.45) is 1.42. The van der Waals surface area contributed by atoms with Crippen LogP contribution in [0.1, 0.15) is 52.4 Å². The third-order valence-electron chi connectivity index (χ3n) is 5.24. The molecule has 0 unspecified atom stereocenters. The smallest absolute Gasteiger partial charge is 0.257 e. The molecule has 2 amide bonds. The van der Waals surface area contributed by atoms with Crippen molar-refractivity contribution in [2.75, 3.05) is 26.7 Å². The molecule has 1 heterocycles. The summed E-state index contributed by atoms with van der Waals surface area (Å²) in [6, 6.07) is 14.5. The molecule has 0 radical (unpaired) electrons. The lowest BCUT2D eigenvalue weighted by Gasteiger charge is -2.16. The van der Waals surface area contributed by atoms with E-state index in [9.17, 15) is 9.59 Å². The lowest BCUT2D eigenvalue weighted by Crippen LogP contribution is -2.29. The number of ether oxygens (including phenoxy) is 1. The van der Waals surface area contributed by atoms with Crippen molar-refractivity contribution in [1.82, 2.24) is 20.4 Å². The number of nitrogens with one attached hydrogen (secondary N) is 1. The molecule has 0 atom stereocenters. The highest BCUT2D eigenvalue weighted by molar-refractivity contribution is 5.94. The van der Waals surface area contributed by atoms with E-state index in [0.717, 1.165) is 17.5 Å². The molecule has 3 rings (SSSR count). The maximum absolute atomic E-state index is 12.5. The summed E-state index contributed by atoms with van der Waals surface area (Å²) in [5.74, 6) is 0.706. The van der Waals surface area contributed by atoms with Gasteiger partial charge in [-0.1, -0.05) is 22.9 Å². The van der Waals surface area contributed by atoms with Gasteiger partial charge in [0.2, 0.25) is 0 Å². The molecule has 34 heavy (non-hydrogen) atoms. The number of carbonyl (C=O) groups excluding carboxylic acids is 2. The van der Waals surface area contributed by atoms with Crippen molar-refractivity contribution in [2.45, 2.75) is 39.7 Å². The minimum atomic E-state index is -0.136. The summed E-state index contributed by atoms with van der Waals surface area (Å²) in [4.78, 5) is 30.9. The van der Waals surface area contributed by atoms with Gasteiger partial charge in [-0.25, -0.2) is 0 Å². The van der Waals surface area contributed by atoms with E-state index < -0.39 is 0 Å². The Bertz CT molecular complexity index is 1070. The number of hydrogen-bond acceptors (Lipinski definition) is 6. The van der Waals surface area contributed by atoms with Gasteiger partial charge in [-0.15, -0.1) is 0 Å². The van der Waals surface area contributed by atoms with Crippen molar-refractivity contribution < 1.29 is 18.8 Å². The average molecular weight is 465 g/mol. The van der Waals surface area contributed by atoms with Crippen LogP contribution in [0.2, 0.25) is 0 Å². The Morgan fingerprint density at radius 2 is 1.74 bits per heavy atom. The van der Waals surface area contributed by atoms with E-state index >= 15 is 0 Å². The van der Waals surface area contributed by atoms with Crippen LogP contribution in [0.5, 0.6) is 0 Å².